The predicted molar refractivity (Wildman–Crippen MR) is 68.2 cm³/mol. The number of rotatable bonds is 6. The molecule has 1 aromatic rings. The van der Waals surface area contributed by atoms with E-state index in [1.807, 2.05) is 6.92 Å². The van der Waals surface area contributed by atoms with Crippen molar-refractivity contribution in [1.82, 2.24) is 20.3 Å². The Hall–Kier alpha value is -1.96. The Morgan fingerprint density at radius 1 is 1.55 bits per heavy atom. The molecular weight excluding hydrogens is 264 g/mol. The summed E-state index contributed by atoms with van der Waals surface area (Å²) < 4.78 is 6.82. The maximum atomic E-state index is 11.7. The van der Waals surface area contributed by atoms with E-state index < -0.39 is 5.97 Å². The quantitative estimate of drug-likeness (QED) is 0.780. The molecule has 0 saturated carbocycles. The molecule has 1 atom stereocenters. The van der Waals surface area contributed by atoms with Gasteiger partial charge in [-0.1, -0.05) is 12.1 Å². The van der Waals surface area contributed by atoms with Crippen LogP contribution in [-0.4, -0.2) is 45.1 Å². The number of hydrogen-bond acceptors (Lipinski definition) is 5. The Bertz CT molecular complexity index is 494. The largest absolute Gasteiger partial charge is 0.476 e. The third-order valence-electron chi connectivity index (χ3n) is 3.08. The number of carboxylic acid groups (broad SMARTS) is 1. The van der Waals surface area contributed by atoms with Gasteiger partial charge in [-0.15, -0.1) is 5.10 Å². The van der Waals surface area contributed by atoms with Gasteiger partial charge in [0.15, 0.2) is 5.69 Å². The lowest BCUT2D eigenvalue weighted by Crippen LogP contribution is -2.29. The molecule has 1 aromatic heterocycles. The monoisotopic (exact) mass is 282 g/mol. The number of carboxylic acids is 1. The smallest absolute Gasteiger partial charge is 0.358 e. The van der Waals surface area contributed by atoms with Gasteiger partial charge in [-0.05, 0) is 19.3 Å². The molecule has 1 aliphatic heterocycles. The number of aromatic carboxylic acids is 1. The zero-order chi connectivity index (χ0) is 14.5. The summed E-state index contributed by atoms with van der Waals surface area (Å²) in [7, 11) is 0. The van der Waals surface area contributed by atoms with Crippen molar-refractivity contribution in [2.75, 3.05) is 13.2 Å². The maximum absolute atomic E-state index is 11.7. The first kappa shape index (κ1) is 14.4. The topological polar surface area (TPSA) is 106 Å². The molecule has 0 aromatic carbocycles. The highest BCUT2D eigenvalue weighted by atomic mass is 16.5. The van der Waals surface area contributed by atoms with Crippen molar-refractivity contribution in [3.8, 4) is 0 Å². The summed E-state index contributed by atoms with van der Waals surface area (Å²) >= 11 is 0. The summed E-state index contributed by atoms with van der Waals surface area (Å²) in [4.78, 5) is 22.9. The molecule has 0 aliphatic carbocycles. The van der Waals surface area contributed by atoms with Crippen molar-refractivity contribution in [1.29, 1.82) is 0 Å². The second-order valence-corrected chi connectivity index (χ2v) is 4.64. The lowest BCUT2D eigenvalue weighted by Gasteiger charge is -2.12. The number of amides is 1. The summed E-state index contributed by atoms with van der Waals surface area (Å²) in [6, 6.07) is 0. The van der Waals surface area contributed by atoms with E-state index in [2.05, 4.69) is 15.6 Å². The minimum atomic E-state index is -1.16. The van der Waals surface area contributed by atoms with Crippen LogP contribution in [0.25, 0.3) is 0 Å². The van der Waals surface area contributed by atoms with Crippen LogP contribution in [0, 0.1) is 0 Å². The van der Waals surface area contributed by atoms with E-state index in [1.165, 1.54) is 4.68 Å². The van der Waals surface area contributed by atoms with Crippen molar-refractivity contribution >= 4 is 11.9 Å². The SMILES string of the molecule is CCCNC(=O)Cn1nnc(C(=O)O)c1C1CCCO1. The fraction of sp³-hybridized carbons (Fsp3) is 0.667. The van der Waals surface area contributed by atoms with Gasteiger partial charge in [0.2, 0.25) is 5.91 Å². The van der Waals surface area contributed by atoms with Gasteiger partial charge in [-0.25, -0.2) is 9.48 Å². The van der Waals surface area contributed by atoms with Crippen LogP contribution in [0.2, 0.25) is 0 Å². The van der Waals surface area contributed by atoms with E-state index in [1.54, 1.807) is 0 Å². The molecule has 8 nitrogen and oxygen atoms in total. The van der Waals surface area contributed by atoms with Crippen LogP contribution in [0.3, 0.4) is 0 Å². The highest BCUT2D eigenvalue weighted by Crippen LogP contribution is 2.30. The lowest BCUT2D eigenvalue weighted by atomic mass is 10.1. The Balaban J connectivity index is 2.19. The molecule has 0 bridgehead atoms. The number of aromatic nitrogens is 3. The number of carbonyl (C=O) groups excluding carboxylic acids is 1. The third kappa shape index (κ3) is 3.13. The van der Waals surface area contributed by atoms with E-state index in [-0.39, 0.29) is 24.2 Å². The molecule has 1 aliphatic rings. The highest BCUT2D eigenvalue weighted by Gasteiger charge is 2.30. The van der Waals surface area contributed by atoms with E-state index in [0.717, 1.165) is 12.8 Å². The first-order valence-electron chi connectivity index (χ1n) is 6.68. The summed E-state index contributed by atoms with van der Waals surface area (Å²) in [6.45, 7) is 3.07. The first-order valence-corrected chi connectivity index (χ1v) is 6.68. The van der Waals surface area contributed by atoms with Crippen molar-refractivity contribution < 1.29 is 19.4 Å². The van der Waals surface area contributed by atoms with Crippen LogP contribution in [0.5, 0.6) is 0 Å². The number of ether oxygens (including phenoxy) is 1. The predicted octanol–water partition coefficient (Wildman–Crippen LogP) is 0.354. The molecule has 0 spiro atoms. The molecule has 20 heavy (non-hydrogen) atoms. The Morgan fingerprint density at radius 2 is 2.35 bits per heavy atom. The van der Waals surface area contributed by atoms with Crippen LogP contribution in [0.1, 0.15) is 48.5 Å². The van der Waals surface area contributed by atoms with Gasteiger partial charge in [-0.3, -0.25) is 4.79 Å². The van der Waals surface area contributed by atoms with Crippen molar-refractivity contribution in [2.24, 2.45) is 0 Å². The van der Waals surface area contributed by atoms with Gasteiger partial charge in [0.25, 0.3) is 0 Å². The Kier molecular flexibility index (Phi) is 4.67. The Morgan fingerprint density at radius 3 is 2.95 bits per heavy atom. The molecule has 1 saturated heterocycles. The fourth-order valence-corrected chi connectivity index (χ4v) is 2.16. The maximum Gasteiger partial charge on any atom is 0.358 e. The van der Waals surface area contributed by atoms with Gasteiger partial charge in [0, 0.05) is 13.2 Å². The van der Waals surface area contributed by atoms with Gasteiger partial charge >= 0.3 is 5.97 Å². The van der Waals surface area contributed by atoms with Gasteiger partial charge in [-0.2, -0.15) is 0 Å². The number of nitrogens with one attached hydrogen (secondary N) is 1. The third-order valence-corrected chi connectivity index (χ3v) is 3.08. The van der Waals surface area contributed by atoms with Crippen LogP contribution in [0.15, 0.2) is 0 Å². The molecule has 0 radical (unpaired) electrons. The van der Waals surface area contributed by atoms with Crippen molar-refractivity contribution in [2.45, 2.75) is 38.8 Å². The molecule has 1 amide bonds. The number of hydrogen-bond donors (Lipinski definition) is 2. The van der Waals surface area contributed by atoms with Crippen molar-refractivity contribution in [3.05, 3.63) is 11.4 Å². The average Bonchev–Trinajstić information content (AvgIpc) is 3.04. The molecule has 110 valence electrons. The minimum Gasteiger partial charge on any atom is -0.476 e. The molecule has 2 heterocycles. The van der Waals surface area contributed by atoms with Gasteiger partial charge in [0.1, 0.15) is 18.3 Å². The standard InChI is InChI=1S/C12H18N4O4/c1-2-5-13-9(17)7-16-11(8-4-3-6-20-8)10(12(18)19)14-15-16/h8H,2-7H2,1H3,(H,13,17)(H,18,19). The van der Waals surface area contributed by atoms with E-state index in [4.69, 9.17) is 9.84 Å². The fourth-order valence-electron chi connectivity index (χ4n) is 2.16. The van der Waals surface area contributed by atoms with Gasteiger partial charge in [0.05, 0.1) is 0 Å². The first-order chi connectivity index (χ1) is 9.63. The van der Waals surface area contributed by atoms with Crippen LogP contribution in [-0.2, 0) is 16.1 Å². The summed E-state index contributed by atoms with van der Waals surface area (Å²) in [5, 5.41) is 19.3. The van der Waals surface area contributed by atoms with Gasteiger partial charge < -0.3 is 15.2 Å². The zero-order valence-corrected chi connectivity index (χ0v) is 11.3. The zero-order valence-electron chi connectivity index (χ0n) is 11.3. The number of nitrogens with zero attached hydrogens (tertiary/aromatic N) is 3. The molecule has 2 rings (SSSR count). The minimum absolute atomic E-state index is 0.0462. The Labute approximate surface area is 116 Å². The normalized spacial score (nSPS) is 18.1. The van der Waals surface area contributed by atoms with Crippen LogP contribution >= 0.6 is 0 Å². The van der Waals surface area contributed by atoms with E-state index in [0.29, 0.717) is 25.3 Å². The molecule has 2 N–H and O–H groups in total. The molecule has 1 unspecified atom stereocenters. The molecule has 8 heteroatoms. The van der Waals surface area contributed by atoms with E-state index in [9.17, 15) is 9.59 Å². The van der Waals surface area contributed by atoms with Crippen molar-refractivity contribution in [3.63, 3.8) is 0 Å². The lowest BCUT2D eigenvalue weighted by molar-refractivity contribution is -0.121. The second kappa shape index (κ2) is 6.47. The highest BCUT2D eigenvalue weighted by molar-refractivity contribution is 5.86. The average molecular weight is 282 g/mol. The molecular formula is C12H18N4O4. The van der Waals surface area contributed by atoms with Crippen LogP contribution in [0.4, 0.5) is 0 Å². The summed E-state index contributed by atoms with van der Waals surface area (Å²) in [5.74, 6) is -1.37. The summed E-state index contributed by atoms with van der Waals surface area (Å²) in [5.41, 5.74) is 0.238. The number of carbonyl (C=O) groups is 2. The van der Waals surface area contributed by atoms with Crippen LogP contribution < -0.4 is 5.32 Å². The second-order valence-electron chi connectivity index (χ2n) is 4.64. The van der Waals surface area contributed by atoms with E-state index >= 15 is 0 Å². The summed E-state index contributed by atoms with van der Waals surface area (Å²) in [6.07, 6.45) is 2.05. The molecule has 1 fully saturated rings.